The van der Waals surface area contributed by atoms with Crippen molar-refractivity contribution in [2.24, 2.45) is 0 Å². The Morgan fingerprint density at radius 2 is 1.71 bits per heavy atom. The van der Waals surface area contributed by atoms with E-state index >= 15 is 4.39 Å². The third-order valence-corrected chi connectivity index (χ3v) is 6.93. The highest BCUT2D eigenvalue weighted by atomic mass is 19.1. The first-order valence-corrected chi connectivity index (χ1v) is 13.7. The monoisotopic (exact) mass is 578 g/mol. The van der Waals surface area contributed by atoms with Gasteiger partial charge in [0, 0.05) is 34.8 Å². The van der Waals surface area contributed by atoms with E-state index < -0.39 is 34.6 Å². The number of halogens is 3. The second-order valence-electron chi connectivity index (χ2n) is 9.88. The summed E-state index contributed by atoms with van der Waals surface area (Å²) in [5, 5.41) is 5.93. The standard InChI is InChI=1S/C31H33F3N6O2/c1-6-39(7-2)15-9-14-35-31-37-27(22-16-20(17-25(34)19(22)5)30(42)36-18(3)4)21-12-13-26(41)40(29(21)38-31)28-23(32)10-8-11-24(28)33/h8,10-13,16-17H,3,6-7,9,14-15H2,1-2,4-5H3,(H,36,42)(H,35,37,38). The minimum atomic E-state index is -0.959. The summed E-state index contributed by atoms with van der Waals surface area (Å²) in [4.78, 5) is 37.2. The number of nitrogens with one attached hydrogen (secondary N) is 2. The van der Waals surface area contributed by atoms with Crippen LogP contribution in [0.15, 0.2) is 59.5 Å². The summed E-state index contributed by atoms with van der Waals surface area (Å²) >= 11 is 0. The summed E-state index contributed by atoms with van der Waals surface area (Å²) in [6.07, 6.45) is 0.742. The third-order valence-electron chi connectivity index (χ3n) is 6.93. The summed E-state index contributed by atoms with van der Waals surface area (Å²) in [6.45, 7) is 14.0. The average Bonchev–Trinajstić information content (AvgIpc) is 2.94. The van der Waals surface area contributed by atoms with Crippen molar-refractivity contribution in [1.29, 1.82) is 0 Å². The van der Waals surface area contributed by atoms with Gasteiger partial charge >= 0.3 is 0 Å². The Bertz CT molecular complexity index is 1700. The van der Waals surface area contributed by atoms with Crippen molar-refractivity contribution < 1.29 is 18.0 Å². The van der Waals surface area contributed by atoms with Crippen LogP contribution in [0.1, 0.15) is 43.1 Å². The molecule has 8 nitrogen and oxygen atoms in total. The van der Waals surface area contributed by atoms with E-state index in [2.05, 4.69) is 45.9 Å². The van der Waals surface area contributed by atoms with Crippen LogP contribution in [0.5, 0.6) is 0 Å². The highest BCUT2D eigenvalue weighted by molar-refractivity contribution is 5.99. The van der Waals surface area contributed by atoms with Gasteiger partial charge in [0.2, 0.25) is 5.95 Å². The van der Waals surface area contributed by atoms with Gasteiger partial charge < -0.3 is 15.5 Å². The Balaban J connectivity index is 1.96. The van der Waals surface area contributed by atoms with Crippen molar-refractivity contribution in [1.82, 2.24) is 24.8 Å². The molecule has 2 N–H and O–H groups in total. The highest BCUT2D eigenvalue weighted by Crippen LogP contribution is 2.33. The molecule has 0 aliphatic carbocycles. The number of pyridine rings is 1. The molecule has 42 heavy (non-hydrogen) atoms. The van der Waals surface area contributed by atoms with Crippen LogP contribution in [0.2, 0.25) is 0 Å². The maximum Gasteiger partial charge on any atom is 0.256 e. The maximum absolute atomic E-state index is 15.2. The molecule has 0 saturated heterocycles. The number of amides is 1. The van der Waals surface area contributed by atoms with Crippen LogP contribution in [0.4, 0.5) is 19.1 Å². The lowest BCUT2D eigenvalue weighted by Crippen LogP contribution is -2.25. The smallest absolute Gasteiger partial charge is 0.256 e. The number of hydrogen-bond acceptors (Lipinski definition) is 6. The number of para-hydroxylation sites is 1. The first-order valence-electron chi connectivity index (χ1n) is 13.7. The minimum Gasteiger partial charge on any atom is -0.354 e. The predicted molar refractivity (Wildman–Crippen MR) is 158 cm³/mol. The summed E-state index contributed by atoms with van der Waals surface area (Å²) in [5.41, 5.74) is -0.391. The summed E-state index contributed by atoms with van der Waals surface area (Å²) in [5.74, 6) is -3.07. The van der Waals surface area contributed by atoms with Crippen molar-refractivity contribution >= 4 is 22.9 Å². The number of rotatable bonds is 11. The number of fused-ring (bicyclic) bond motifs is 1. The molecule has 2 aromatic heterocycles. The van der Waals surface area contributed by atoms with Gasteiger partial charge in [0.05, 0.1) is 5.69 Å². The fourth-order valence-electron chi connectivity index (χ4n) is 4.68. The lowest BCUT2D eigenvalue weighted by molar-refractivity contribution is 0.0965. The zero-order chi connectivity index (χ0) is 30.6. The zero-order valence-electron chi connectivity index (χ0n) is 24.0. The molecule has 2 heterocycles. The van der Waals surface area contributed by atoms with Crippen molar-refractivity contribution in [2.45, 2.75) is 34.1 Å². The van der Waals surface area contributed by atoms with Crippen LogP contribution in [-0.2, 0) is 0 Å². The van der Waals surface area contributed by atoms with Gasteiger partial charge in [0.25, 0.3) is 11.5 Å². The first kappa shape index (κ1) is 30.4. The quantitative estimate of drug-likeness (QED) is 0.226. The molecule has 0 radical (unpaired) electrons. The normalized spacial score (nSPS) is 11.2. The number of benzene rings is 2. The molecular weight excluding hydrogens is 545 g/mol. The van der Waals surface area contributed by atoms with Gasteiger partial charge in [0.15, 0.2) is 5.65 Å². The van der Waals surface area contributed by atoms with Gasteiger partial charge in [0.1, 0.15) is 23.1 Å². The molecule has 0 atom stereocenters. The van der Waals surface area contributed by atoms with Crippen LogP contribution in [0.3, 0.4) is 0 Å². The zero-order valence-corrected chi connectivity index (χ0v) is 24.0. The fraction of sp³-hybridized carbons (Fsp3) is 0.290. The molecule has 0 aliphatic rings. The SMILES string of the molecule is C=C(C)NC(=O)c1cc(F)c(C)c(-c2nc(NCCCN(CC)CC)nc3c2ccc(=O)n3-c2c(F)cccc2F)c1. The number of hydrogen-bond donors (Lipinski definition) is 2. The van der Waals surface area contributed by atoms with Gasteiger partial charge in [-0.05, 0) is 75.8 Å². The molecule has 2 aromatic carbocycles. The van der Waals surface area contributed by atoms with E-state index in [0.717, 1.165) is 54.9 Å². The Labute approximate surface area is 241 Å². The number of carbonyl (C=O) groups is 1. The number of anilines is 1. The predicted octanol–water partition coefficient (Wildman–Crippen LogP) is 5.58. The number of carbonyl (C=O) groups excluding carboxylic acids is 1. The van der Waals surface area contributed by atoms with E-state index in [-0.39, 0.29) is 39.4 Å². The molecule has 0 unspecified atom stereocenters. The molecule has 11 heteroatoms. The summed E-state index contributed by atoms with van der Waals surface area (Å²) in [7, 11) is 0. The second kappa shape index (κ2) is 13.0. The molecule has 220 valence electrons. The van der Waals surface area contributed by atoms with Gasteiger partial charge in [-0.15, -0.1) is 0 Å². The summed E-state index contributed by atoms with van der Waals surface area (Å²) in [6, 6.07) is 8.43. The van der Waals surface area contributed by atoms with Crippen molar-refractivity contribution in [3.63, 3.8) is 0 Å². The Morgan fingerprint density at radius 1 is 1.02 bits per heavy atom. The van der Waals surface area contributed by atoms with Crippen LogP contribution >= 0.6 is 0 Å². The van der Waals surface area contributed by atoms with E-state index in [0.29, 0.717) is 12.2 Å². The van der Waals surface area contributed by atoms with Crippen molar-refractivity contribution in [3.05, 3.63) is 93.7 Å². The lowest BCUT2D eigenvalue weighted by atomic mass is 9.98. The molecule has 0 aliphatic heterocycles. The van der Waals surface area contributed by atoms with E-state index in [4.69, 9.17) is 0 Å². The van der Waals surface area contributed by atoms with Gasteiger partial charge in [-0.3, -0.25) is 14.2 Å². The van der Waals surface area contributed by atoms with E-state index in [1.165, 1.54) is 25.1 Å². The Hall–Kier alpha value is -4.51. The maximum atomic E-state index is 15.2. The second-order valence-corrected chi connectivity index (χ2v) is 9.88. The number of nitrogens with zero attached hydrogens (tertiary/aromatic N) is 4. The van der Waals surface area contributed by atoms with E-state index in [1.54, 1.807) is 6.92 Å². The average molecular weight is 579 g/mol. The molecule has 0 spiro atoms. The Kier molecular flexibility index (Phi) is 9.41. The molecule has 1 amide bonds. The van der Waals surface area contributed by atoms with Crippen LogP contribution < -0.4 is 16.2 Å². The van der Waals surface area contributed by atoms with Crippen molar-refractivity contribution in [2.75, 3.05) is 31.5 Å². The number of aromatic nitrogens is 3. The Morgan fingerprint density at radius 3 is 2.36 bits per heavy atom. The highest BCUT2D eigenvalue weighted by Gasteiger charge is 2.22. The van der Waals surface area contributed by atoms with Crippen LogP contribution in [0, 0.1) is 24.4 Å². The third kappa shape index (κ3) is 6.36. The van der Waals surface area contributed by atoms with Crippen LogP contribution in [-0.4, -0.2) is 51.5 Å². The van der Waals surface area contributed by atoms with Crippen LogP contribution in [0.25, 0.3) is 28.0 Å². The van der Waals surface area contributed by atoms with Gasteiger partial charge in [-0.2, -0.15) is 4.98 Å². The largest absolute Gasteiger partial charge is 0.354 e. The molecule has 0 bridgehead atoms. The van der Waals surface area contributed by atoms with Crippen molar-refractivity contribution in [3.8, 4) is 16.9 Å². The number of allylic oxidation sites excluding steroid dienone is 1. The van der Waals surface area contributed by atoms with Gasteiger partial charge in [-0.25, -0.2) is 18.2 Å². The van der Waals surface area contributed by atoms with E-state index in [9.17, 15) is 18.4 Å². The first-order chi connectivity index (χ1) is 20.0. The molecule has 0 fully saturated rings. The molecule has 4 aromatic rings. The van der Waals surface area contributed by atoms with Gasteiger partial charge in [-0.1, -0.05) is 26.5 Å². The topological polar surface area (TPSA) is 92.2 Å². The van der Waals surface area contributed by atoms with E-state index in [1.807, 2.05) is 0 Å². The molecule has 0 saturated carbocycles. The molecule has 4 rings (SSSR count). The fourth-order valence-corrected chi connectivity index (χ4v) is 4.68. The lowest BCUT2D eigenvalue weighted by Gasteiger charge is -2.19. The minimum absolute atomic E-state index is 0.0186. The molecular formula is C31H33F3N6O2. The summed E-state index contributed by atoms with van der Waals surface area (Å²) < 4.78 is 46.0.